The summed E-state index contributed by atoms with van der Waals surface area (Å²) >= 11 is 1.30. The number of piperazine rings is 1. The van der Waals surface area contributed by atoms with Crippen molar-refractivity contribution in [3.8, 4) is 0 Å². The Morgan fingerprint density at radius 3 is 2.43 bits per heavy atom. The molecule has 0 bridgehead atoms. The molecule has 2 heterocycles. The topological polar surface area (TPSA) is 28.5 Å². The fourth-order valence-electron chi connectivity index (χ4n) is 3.16. The Morgan fingerprint density at radius 2 is 1.78 bits per heavy atom. The minimum Gasteiger partial charge on any atom is -0.302 e. The molecule has 0 N–H and O–H groups in total. The average molecular weight is 331 g/mol. The first-order valence-electron chi connectivity index (χ1n) is 8.27. The van der Waals surface area contributed by atoms with E-state index in [1.165, 1.54) is 22.5 Å². The first-order chi connectivity index (χ1) is 11.1. The van der Waals surface area contributed by atoms with Gasteiger partial charge in [-0.05, 0) is 19.4 Å². The van der Waals surface area contributed by atoms with Crippen molar-refractivity contribution in [3.63, 3.8) is 0 Å². The Morgan fingerprint density at radius 1 is 1.04 bits per heavy atom. The maximum Gasteiger partial charge on any atom is 0.307 e. The van der Waals surface area contributed by atoms with Gasteiger partial charge in [0.25, 0.3) is 0 Å². The summed E-state index contributed by atoms with van der Waals surface area (Å²) in [6.07, 6.45) is 0. The largest absolute Gasteiger partial charge is 0.307 e. The van der Waals surface area contributed by atoms with E-state index in [-0.39, 0.29) is 4.87 Å². The molecule has 0 atom stereocenters. The lowest BCUT2D eigenvalue weighted by atomic mass is 10.1. The highest BCUT2D eigenvalue weighted by Gasteiger charge is 2.17. The summed E-state index contributed by atoms with van der Waals surface area (Å²) in [5.41, 5.74) is 3.81. The highest BCUT2D eigenvalue weighted by atomic mass is 32.1. The fraction of sp³-hybridized carbons (Fsp3) is 0.500. The van der Waals surface area contributed by atoms with E-state index >= 15 is 0 Å². The Labute approximate surface area is 142 Å². The van der Waals surface area contributed by atoms with Crippen molar-refractivity contribution in [2.24, 2.45) is 0 Å². The van der Waals surface area contributed by atoms with Gasteiger partial charge in [0.05, 0.1) is 0 Å². The summed E-state index contributed by atoms with van der Waals surface area (Å²) in [4.78, 5) is 16.9. The van der Waals surface area contributed by atoms with E-state index in [0.717, 1.165) is 51.5 Å². The molecule has 124 valence electrons. The van der Waals surface area contributed by atoms with Crippen molar-refractivity contribution in [3.05, 3.63) is 56.1 Å². The van der Waals surface area contributed by atoms with Crippen molar-refractivity contribution in [1.82, 2.24) is 14.4 Å². The molecule has 2 aromatic rings. The molecule has 1 aromatic heterocycles. The standard InChI is InChI=1S/C18H25N3OS/c1-15-4-3-5-17(12-15)13-20-8-6-19(7-9-20)10-11-21-16(2)14-23-18(21)22/h3-5,12,14H,6-11,13H2,1-2H3. The third-order valence-corrected chi connectivity index (χ3v) is 5.45. The van der Waals surface area contributed by atoms with Crippen LogP contribution in [0.4, 0.5) is 0 Å². The molecule has 5 heteroatoms. The molecule has 0 aliphatic carbocycles. The van der Waals surface area contributed by atoms with Crippen LogP contribution in [0.1, 0.15) is 16.8 Å². The molecular weight excluding hydrogens is 306 g/mol. The number of nitrogens with zero attached hydrogens (tertiary/aromatic N) is 3. The SMILES string of the molecule is Cc1cccc(CN2CCN(CCn3c(C)csc3=O)CC2)c1. The summed E-state index contributed by atoms with van der Waals surface area (Å²) in [5, 5.41) is 1.95. The van der Waals surface area contributed by atoms with Crippen molar-refractivity contribution >= 4 is 11.3 Å². The number of rotatable bonds is 5. The van der Waals surface area contributed by atoms with E-state index in [1.54, 1.807) is 0 Å². The number of hydrogen-bond acceptors (Lipinski definition) is 4. The highest BCUT2D eigenvalue weighted by molar-refractivity contribution is 7.07. The second-order valence-electron chi connectivity index (χ2n) is 6.40. The predicted molar refractivity (Wildman–Crippen MR) is 96.2 cm³/mol. The van der Waals surface area contributed by atoms with Gasteiger partial charge in [-0.2, -0.15) is 0 Å². The van der Waals surface area contributed by atoms with Gasteiger partial charge in [0, 0.05) is 56.9 Å². The zero-order chi connectivity index (χ0) is 16.2. The predicted octanol–water partition coefficient (Wildman–Crippen LogP) is 2.34. The molecule has 3 rings (SSSR count). The van der Waals surface area contributed by atoms with Crippen LogP contribution in [0.3, 0.4) is 0 Å². The summed E-state index contributed by atoms with van der Waals surface area (Å²) in [5.74, 6) is 0. The molecule has 4 nitrogen and oxygen atoms in total. The smallest absolute Gasteiger partial charge is 0.302 e. The van der Waals surface area contributed by atoms with Crippen LogP contribution in [0, 0.1) is 13.8 Å². The number of aryl methyl sites for hydroxylation is 2. The van der Waals surface area contributed by atoms with Crippen LogP contribution in [0.5, 0.6) is 0 Å². The minimum atomic E-state index is 0.167. The Kier molecular flexibility index (Phi) is 5.30. The van der Waals surface area contributed by atoms with E-state index in [0.29, 0.717) is 0 Å². The van der Waals surface area contributed by atoms with Gasteiger partial charge in [0.2, 0.25) is 0 Å². The van der Waals surface area contributed by atoms with Crippen molar-refractivity contribution in [2.75, 3.05) is 32.7 Å². The maximum atomic E-state index is 11.8. The second-order valence-corrected chi connectivity index (χ2v) is 7.22. The molecule has 1 fully saturated rings. The first-order valence-corrected chi connectivity index (χ1v) is 9.15. The Balaban J connectivity index is 1.46. The fourth-order valence-corrected chi connectivity index (χ4v) is 3.92. The third-order valence-electron chi connectivity index (χ3n) is 4.57. The molecule has 0 spiro atoms. The summed E-state index contributed by atoms with van der Waals surface area (Å²) in [6.45, 7) is 11.4. The van der Waals surface area contributed by atoms with E-state index in [9.17, 15) is 4.79 Å². The Bertz CT molecular complexity index is 698. The van der Waals surface area contributed by atoms with Crippen molar-refractivity contribution < 1.29 is 0 Å². The number of hydrogen-bond donors (Lipinski definition) is 0. The highest BCUT2D eigenvalue weighted by Crippen LogP contribution is 2.10. The number of aromatic nitrogens is 1. The summed E-state index contributed by atoms with van der Waals surface area (Å²) in [7, 11) is 0. The molecule has 1 aliphatic rings. The van der Waals surface area contributed by atoms with Crippen molar-refractivity contribution in [2.45, 2.75) is 26.9 Å². The lowest BCUT2D eigenvalue weighted by Crippen LogP contribution is -2.47. The Hall–Kier alpha value is -1.43. The molecule has 0 unspecified atom stereocenters. The quantitative estimate of drug-likeness (QED) is 0.842. The molecular formula is C18H25N3OS. The van der Waals surface area contributed by atoms with Crippen LogP contribution in [0.2, 0.25) is 0 Å². The van der Waals surface area contributed by atoms with Gasteiger partial charge in [-0.25, -0.2) is 0 Å². The second kappa shape index (κ2) is 7.43. The number of benzene rings is 1. The van der Waals surface area contributed by atoms with Gasteiger partial charge in [-0.15, -0.1) is 0 Å². The molecule has 23 heavy (non-hydrogen) atoms. The van der Waals surface area contributed by atoms with Crippen LogP contribution < -0.4 is 4.87 Å². The van der Waals surface area contributed by atoms with Crippen LogP contribution >= 0.6 is 11.3 Å². The van der Waals surface area contributed by atoms with E-state index in [4.69, 9.17) is 0 Å². The molecule has 1 saturated heterocycles. The lowest BCUT2D eigenvalue weighted by molar-refractivity contribution is 0.124. The summed E-state index contributed by atoms with van der Waals surface area (Å²) < 4.78 is 1.89. The third kappa shape index (κ3) is 4.31. The zero-order valence-electron chi connectivity index (χ0n) is 14.0. The van der Waals surface area contributed by atoms with Gasteiger partial charge in [-0.1, -0.05) is 41.2 Å². The number of thiazole rings is 1. The lowest BCUT2D eigenvalue weighted by Gasteiger charge is -2.34. The van der Waals surface area contributed by atoms with Crippen LogP contribution in [-0.4, -0.2) is 47.1 Å². The van der Waals surface area contributed by atoms with Crippen LogP contribution in [0.25, 0.3) is 0 Å². The zero-order valence-corrected chi connectivity index (χ0v) is 14.8. The molecule has 1 aliphatic heterocycles. The van der Waals surface area contributed by atoms with Gasteiger partial charge >= 0.3 is 4.87 Å². The monoisotopic (exact) mass is 331 g/mol. The van der Waals surface area contributed by atoms with Gasteiger partial charge in [0.15, 0.2) is 0 Å². The van der Waals surface area contributed by atoms with Crippen LogP contribution in [0.15, 0.2) is 34.4 Å². The minimum absolute atomic E-state index is 0.167. The molecule has 0 amide bonds. The van der Waals surface area contributed by atoms with Gasteiger partial charge < -0.3 is 4.57 Å². The summed E-state index contributed by atoms with van der Waals surface area (Å²) in [6, 6.07) is 8.78. The maximum absolute atomic E-state index is 11.8. The van der Waals surface area contributed by atoms with E-state index < -0.39 is 0 Å². The van der Waals surface area contributed by atoms with Gasteiger partial charge in [-0.3, -0.25) is 14.6 Å². The van der Waals surface area contributed by atoms with Crippen LogP contribution in [-0.2, 0) is 13.1 Å². The molecule has 1 aromatic carbocycles. The molecule has 0 saturated carbocycles. The average Bonchev–Trinajstić information content (AvgIpc) is 2.85. The van der Waals surface area contributed by atoms with E-state index in [2.05, 4.69) is 41.0 Å². The first kappa shape index (κ1) is 16.4. The normalized spacial score (nSPS) is 16.8. The van der Waals surface area contributed by atoms with Crippen molar-refractivity contribution in [1.29, 1.82) is 0 Å². The molecule has 0 radical (unpaired) electrons. The van der Waals surface area contributed by atoms with E-state index in [1.807, 2.05) is 16.9 Å². The van der Waals surface area contributed by atoms with Gasteiger partial charge in [0.1, 0.15) is 0 Å².